The van der Waals surface area contributed by atoms with Crippen molar-refractivity contribution in [2.75, 3.05) is 6.54 Å². The standard InChI is InChI=1S/C17H17NO/c1-14-4-10-17(11-5-14)19-13-16-8-6-15(7-9-16)3-2-12-18/h4-11H,12-13,18H2,1H3. The molecule has 0 amide bonds. The predicted octanol–water partition coefficient (Wildman–Crippen LogP) is 2.88. The van der Waals surface area contributed by atoms with Crippen LogP contribution in [0.1, 0.15) is 16.7 Å². The average molecular weight is 251 g/mol. The molecule has 0 bridgehead atoms. The van der Waals surface area contributed by atoms with Gasteiger partial charge < -0.3 is 10.5 Å². The van der Waals surface area contributed by atoms with Gasteiger partial charge in [-0.1, -0.05) is 41.7 Å². The fourth-order valence-corrected chi connectivity index (χ4v) is 1.64. The Morgan fingerprint density at radius 3 is 2.32 bits per heavy atom. The fraction of sp³-hybridized carbons (Fsp3) is 0.176. The number of hydrogen-bond acceptors (Lipinski definition) is 2. The Bertz CT molecular complexity index is 573. The molecule has 2 rings (SSSR count). The summed E-state index contributed by atoms with van der Waals surface area (Å²) < 4.78 is 5.71. The van der Waals surface area contributed by atoms with E-state index in [0.29, 0.717) is 13.2 Å². The molecule has 2 aromatic rings. The molecule has 2 aromatic carbocycles. The molecular formula is C17H17NO. The van der Waals surface area contributed by atoms with E-state index in [1.54, 1.807) is 0 Å². The van der Waals surface area contributed by atoms with Crippen molar-refractivity contribution in [1.82, 2.24) is 0 Å². The van der Waals surface area contributed by atoms with Crippen LogP contribution in [0.5, 0.6) is 5.75 Å². The molecule has 0 fully saturated rings. The zero-order valence-electron chi connectivity index (χ0n) is 11.0. The first-order valence-electron chi connectivity index (χ1n) is 6.25. The van der Waals surface area contributed by atoms with Crippen molar-refractivity contribution in [2.45, 2.75) is 13.5 Å². The number of aryl methyl sites for hydroxylation is 1. The van der Waals surface area contributed by atoms with Crippen LogP contribution in [-0.4, -0.2) is 6.54 Å². The van der Waals surface area contributed by atoms with Crippen molar-refractivity contribution >= 4 is 0 Å². The summed E-state index contributed by atoms with van der Waals surface area (Å²) >= 11 is 0. The third-order valence-electron chi connectivity index (χ3n) is 2.72. The van der Waals surface area contributed by atoms with E-state index in [1.165, 1.54) is 5.56 Å². The van der Waals surface area contributed by atoms with Crippen LogP contribution in [0.25, 0.3) is 0 Å². The van der Waals surface area contributed by atoms with E-state index in [4.69, 9.17) is 10.5 Å². The number of ether oxygens (including phenoxy) is 1. The second-order valence-corrected chi connectivity index (χ2v) is 4.30. The Morgan fingerprint density at radius 2 is 1.68 bits per heavy atom. The molecule has 19 heavy (non-hydrogen) atoms. The highest BCUT2D eigenvalue weighted by Crippen LogP contribution is 2.14. The van der Waals surface area contributed by atoms with Crippen LogP contribution in [0.3, 0.4) is 0 Å². The summed E-state index contributed by atoms with van der Waals surface area (Å²) in [7, 11) is 0. The van der Waals surface area contributed by atoms with E-state index in [2.05, 4.69) is 18.8 Å². The summed E-state index contributed by atoms with van der Waals surface area (Å²) in [5, 5.41) is 0. The van der Waals surface area contributed by atoms with Gasteiger partial charge in [0.15, 0.2) is 0 Å². The van der Waals surface area contributed by atoms with Crippen LogP contribution in [0.2, 0.25) is 0 Å². The number of benzene rings is 2. The molecule has 0 saturated carbocycles. The van der Waals surface area contributed by atoms with Gasteiger partial charge in [-0.3, -0.25) is 0 Å². The van der Waals surface area contributed by atoms with Crippen LogP contribution >= 0.6 is 0 Å². The van der Waals surface area contributed by atoms with Crippen molar-refractivity contribution in [1.29, 1.82) is 0 Å². The average Bonchev–Trinajstić information content (AvgIpc) is 2.46. The van der Waals surface area contributed by atoms with Crippen LogP contribution < -0.4 is 10.5 Å². The van der Waals surface area contributed by atoms with Crippen LogP contribution in [0.15, 0.2) is 48.5 Å². The van der Waals surface area contributed by atoms with Crippen molar-refractivity contribution in [3.63, 3.8) is 0 Å². The molecule has 0 unspecified atom stereocenters. The van der Waals surface area contributed by atoms with Gasteiger partial charge in [0.2, 0.25) is 0 Å². The third-order valence-corrected chi connectivity index (χ3v) is 2.72. The largest absolute Gasteiger partial charge is 0.489 e. The maximum Gasteiger partial charge on any atom is 0.119 e. The number of nitrogens with two attached hydrogens (primary N) is 1. The van der Waals surface area contributed by atoms with Gasteiger partial charge in [-0.15, -0.1) is 0 Å². The van der Waals surface area contributed by atoms with Crippen LogP contribution in [0.4, 0.5) is 0 Å². The van der Waals surface area contributed by atoms with Gasteiger partial charge in [0.1, 0.15) is 12.4 Å². The lowest BCUT2D eigenvalue weighted by Crippen LogP contribution is -1.95. The molecule has 0 radical (unpaired) electrons. The monoisotopic (exact) mass is 251 g/mol. The van der Waals surface area contributed by atoms with Gasteiger partial charge in [0.05, 0.1) is 6.54 Å². The SMILES string of the molecule is Cc1ccc(OCc2ccc(C#CCN)cc2)cc1. The Hall–Kier alpha value is -2.24. The smallest absolute Gasteiger partial charge is 0.119 e. The molecule has 0 aliphatic rings. The van der Waals surface area contributed by atoms with E-state index in [9.17, 15) is 0 Å². The first-order chi connectivity index (χ1) is 9.28. The molecule has 96 valence electrons. The fourth-order valence-electron chi connectivity index (χ4n) is 1.64. The summed E-state index contributed by atoms with van der Waals surface area (Å²) in [6.07, 6.45) is 0. The maximum atomic E-state index is 5.71. The normalized spacial score (nSPS) is 9.58. The van der Waals surface area contributed by atoms with E-state index < -0.39 is 0 Å². The highest BCUT2D eigenvalue weighted by molar-refractivity contribution is 5.36. The molecule has 2 heteroatoms. The van der Waals surface area contributed by atoms with E-state index in [0.717, 1.165) is 16.9 Å². The highest BCUT2D eigenvalue weighted by atomic mass is 16.5. The summed E-state index contributed by atoms with van der Waals surface area (Å²) in [6.45, 7) is 3.01. The van der Waals surface area contributed by atoms with E-state index in [1.807, 2.05) is 48.5 Å². The molecule has 0 aromatic heterocycles. The lowest BCUT2D eigenvalue weighted by atomic mass is 10.1. The summed E-state index contributed by atoms with van der Waals surface area (Å²) in [4.78, 5) is 0. The summed E-state index contributed by atoms with van der Waals surface area (Å²) in [6, 6.07) is 16.1. The summed E-state index contributed by atoms with van der Waals surface area (Å²) in [5.41, 5.74) is 8.67. The number of hydrogen-bond donors (Lipinski definition) is 1. The minimum atomic E-state index is 0.387. The van der Waals surface area contributed by atoms with Crippen LogP contribution in [0, 0.1) is 18.8 Å². The molecule has 2 N–H and O–H groups in total. The Labute approximate surface area is 114 Å². The Balaban J connectivity index is 1.94. The molecule has 0 heterocycles. The quantitative estimate of drug-likeness (QED) is 0.851. The van der Waals surface area contributed by atoms with Crippen molar-refractivity contribution < 1.29 is 4.74 Å². The molecule has 0 atom stereocenters. The second kappa shape index (κ2) is 6.63. The minimum Gasteiger partial charge on any atom is -0.489 e. The first-order valence-corrected chi connectivity index (χ1v) is 6.25. The molecule has 0 aliphatic carbocycles. The number of rotatable bonds is 3. The molecule has 0 spiro atoms. The molecular weight excluding hydrogens is 234 g/mol. The summed E-state index contributed by atoms with van der Waals surface area (Å²) in [5.74, 6) is 6.72. The predicted molar refractivity (Wildman–Crippen MR) is 77.9 cm³/mol. The van der Waals surface area contributed by atoms with Gasteiger partial charge in [-0.05, 0) is 36.8 Å². The Morgan fingerprint density at radius 1 is 1.00 bits per heavy atom. The highest BCUT2D eigenvalue weighted by Gasteiger charge is 1.96. The zero-order valence-corrected chi connectivity index (χ0v) is 11.0. The van der Waals surface area contributed by atoms with E-state index >= 15 is 0 Å². The minimum absolute atomic E-state index is 0.387. The Kier molecular flexibility index (Phi) is 4.60. The van der Waals surface area contributed by atoms with Crippen molar-refractivity contribution in [2.24, 2.45) is 5.73 Å². The van der Waals surface area contributed by atoms with Gasteiger partial charge in [0, 0.05) is 5.56 Å². The van der Waals surface area contributed by atoms with Crippen molar-refractivity contribution in [3.05, 3.63) is 65.2 Å². The van der Waals surface area contributed by atoms with Gasteiger partial charge >= 0.3 is 0 Å². The molecule has 2 nitrogen and oxygen atoms in total. The lowest BCUT2D eigenvalue weighted by molar-refractivity contribution is 0.306. The van der Waals surface area contributed by atoms with E-state index in [-0.39, 0.29) is 0 Å². The van der Waals surface area contributed by atoms with Crippen LogP contribution in [-0.2, 0) is 6.61 Å². The maximum absolute atomic E-state index is 5.71. The van der Waals surface area contributed by atoms with Gasteiger partial charge in [-0.25, -0.2) is 0 Å². The first kappa shape index (κ1) is 13.2. The van der Waals surface area contributed by atoms with Gasteiger partial charge in [0.25, 0.3) is 0 Å². The van der Waals surface area contributed by atoms with Crippen molar-refractivity contribution in [3.8, 4) is 17.6 Å². The lowest BCUT2D eigenvalue weighted by Gasteiger charge is -2.06. The van der Waals surface area contributed by atoms with Gasteiger partial charge in [-0.2, -0.15) is 0 Å². The topological polar surface area (TPSA) is 35.2 Å². The molecule has 0 aliphatic heterocycles. The second-order valence-electron chi connectivity index (χ2n) is 4.30. The molecule has 0 saturated heterocycles. The third kappa shape index (κ3) is 4.17. The zero-order chi connectivity index (χ0) is 13.5.